The Kier molecular flexibility index (Phi) is 2.66. The summed E-state index contributed by atoms with van der Waals surface area (Å²) in [6, 6.07) is 1.39. The lowest BCUT2D eigenvalue weighted by molar-refractivity contribution is 0.0979. The van der Waals surface area contributed by atoms with Crippen molar-refractivity contribution in [2.45, 2.75) is 27.0 Å². The summed E-state index contributed by atoms with van der Waals surface area (Å²) >= 11 is 2.61. The number of hydrogen-bond acceptors (Lipinski definition) is 5. The fraction of sp³-hybridized carbons (Fsp3) is 0.375. The van der Waals surface area contributed by atoms with Crippen LogP contribution < -0.4 is 5.14 Å². The smallest absolute Gasteiger partial charge is 0.247 e. The number of sulfonamides is 1. The first-order valence-corrected chi connectivity index (χ1v) is 7.48. The van der Waals surface area contributed by atoms with Crippen molar-refractivity contribution in [2.24, 2.45) is 5.14 Å². The first-order chi connectivity index (χ1) is 6.88. The highest BCUT2D eigenvalue weighted by Crippen LogP contribution is 2.41. The van der Waals surface area contributed by atoms with Crippen LogP contribution in [0.4, 0.5) is 0 Å². The standard InChI is InChI=1S/C8H9NO3S3/c1-4-2-6(10)5-3-7(15(9,11)12)14-8(5)13-4/h3-4H,2H2,1H3,(H2,9,11,12)/t4-/m1/s1. The van der Waals surface area contributed by atoms with Gasteiger partial charge >= 0.3 is 0 Å². The predicted molar refractivity (Wildman–Crippen MR) is 60.0 cm³/mol. The lowest BCUT2D eigenvalue weighted by Crippen LogP contribution is -2.12. The van der Waals surface area contributed by atoms with Crippen LogP contribution in [-0.4, -0.2) is 19.5 Å². The van der Waals surface area contributed by atoms with Crippen LogP contribution in [0.3, 0.4) is 0 Å². The topological polar surface area (TPSA) is 77.2 Å². The minimum atomic E-state index is -3.68. The van der Waals surface area contributed by atoms with Gasteiger partial charge in [0.25, 0.3) is 0 Å². The highest BCUT2D eigenvalue weighted by Gasteiger charge is 2.27. The number of carbonyl (C=O) groups is 1. The summed E-state index contributed by atoms with van der Waals surface area (Å²) in [5, 5.41) is 5.22. The number of ketones is 1. The highest BCUT2D eigenvalue weighted by atomic mass is 32.3. The van der Waals surface area contributed by atoms with Crippen molar-refractivity contribution < 1.29 is 13.2 Å². The van der Waals surface area contributed by atoms with Gasteiger partial charge in [0.15, 0.2) is 5.78 Å². The maximum Gasteiger partial charge on any atom is 0.247 e. The summed E-state index contributed by atoms with van der Waals surface area (Å²) in [6.45, 7) is 1.95. The molecule has 0 saturated carbocycles. The van der Waals surface area contributed by atoms with Gasteiger partial charge in [-0.25, -0.2) is 13.6 Å². The van der Waals surface area contributed by atoms with Gasteiger partial charge in [-0.15, -0.1) is 23.1 Å². The summed E-state index contributed by atoms with van der Waals surface area (Å²) in [5.41, 5.74) is 0.507. The van der Waals surface area contributed by atoms with Crippen molar-refractivity contribution in [1.82, 2.24) is 0 Å². The maximum absolute atomic E-state index is 11.6. The quantitative estimate of drug-likeness (QED) is 0.832. The molecule has 0 saturated heterocycles. The number of hydrogen-bond donors (Lipinski definition) is 1. The van der Waals surface area contributed by atoms with Gasteiger partial charge in [-0.2, -0.15) is 0 Å². The van der Waals surface area contributed by atoms with Gasteiger partial charge in [-0.05, 0) is 6.07 Å². The first kappa shape index (κ1) is 11.1. The molecule has 0 fully saturated rings. The number of thiophene rings is 1. The van der Waals surface area contributed by atoms with E-state index in [0.717, 1.165) is 15.5 Å². The van der Waals surface area contributed by atoms with E-state index in [2.05, 4.69) is 0 Å². The molecule has 0 radical (unpaired) electrons. The molecule has 7 heteroatoms. The van der Waals surface area contributed by atoms with E-state index in [-0.39, 0.29) is 15.2 Å². The van der Waals surface area contributed by atoms with Crippen molar-refractivity contribution in [3.63, 3.8) is 0 Å². The van der Waals surface area contributed by atoms with Crippen LogP contribution in [0.15, 0.2) is 14.5 Å². The Balaban J connectivity index is 2.53. The summed E-state index contributed by atoms with van der Waals surface area (Å²) in [5.74, 6) is 0.00222. The Morgan fingerprint density at radius 1 is 1.53 bits per heavy atom. The lowest BCUT2D eigenvalue weighted by Gasteiger charge is -2.15. The summed E-state index contributed by atoms with van der Waals surface area (Å²) < 4.78 is 23.1. The molecule has 0 amide bonds. The van der Waals surface area contributed by atoms with Gasteiger partial charge in [0, 0.05) is 17.2 Å². The second-order valence-corrected chi connectivity index (χ2v) is 7.91. The third kappa shape index (κ3) is 2.10. The molecule has 2 heterocycles. The van der Waals surface area contributed by atoms with E-state index in [9.17, 15) is 13.2 Å². The number of nitrogens with two attached hydrogens (primary N) is 1. The Bertz CT molecular complexity index is 517. The summed E-state index contributed by atoms with van der Waals surface area (Å²) in [4.78, 5) is 11.6. The van der Waals surface area contributed by atoms with Gasteiger partial charge in [0.2, 0.25) is 10.0 Å². The predicted octanol–water partition coefficient (Wildman–Crippen LogP) is 1.46. The molecule has 0 aromatic carbocycles. The van der Waals surface area contributed by atoms with E-state index < -0.39 is 10.0 Å². The number of rotatable bonds is 1. The van der Waals surface area contributed by atoms with Crippen LogP contribution in [-0.2, 0) is 10.0 Å². The average molecular weight is 263 g/mol. The number of primary sulfonamides is 1. The third-order valence-corrected chi connectivity index (χ3v) is 5.93. The number of fused-ring (bicyclic) bond motifs is 1. The summed E-state index contributed by atoms with van der Waals surface area (Å²) in [7, 11) is -3.68. The Morgan fingerprint density at radius 2 is 2.20 bits per heavy atom. The van der Waals surface area contributed by atoms with E-state index >= 15 is 0 Å². The SMILES string of the molecule is C[C@@H]1CC(=O)c2cc(S(N)(=O)=O)sc2S1. The molecule has 82 valence electrons. The first-order valence-electron chi connectivity index (χ1n) is 4.24. The molecule has 15 heavy (non-hydrogen) atoms. The van der Waals surface area contributed by atoms with Crippen molar-refractivity contribution >= 4 is 38.9 Å². The van der Waals surface area contributed by atoms with Crippen molar-refractivity contribution in [2.75, 3.05) is 0 Å². The average Bonchev–Trinajstić information content (AvgIpc) is 2.46. The molecule has 1 aliphatic heterocycles. The fourth-order valence-electron chi connectivity index (χ4n) is 1.37. The molecule has 1 aliphatic rings. The monoisotopic (exact) mass is 263 g/mol. The molecular formula is C8H9NO3S3. The second kappa shape index (κ2) is 3.58. The van der Waals surface area contributed by atoms with Crippen molar-refractivity contribution in [3.8, 4) is 0 Å². The molecule has 2 N–H and O–H groups in total. The molecule has 1 atom stereocenters. The zero-order chi connectivity index (χ0) is 11.2. The summed E-state index contributed by atoms with van der Waals surface area (Å²) in [6.07, 6.45) is 0.457. The van der Waals surface area contributed by atoms with E-state index in [1.165, 1.54) is 17.8 Å². The minimum Gasteiger partial charge on any atom is -0.294 e. The van der Waals surface area contributed by atoms with Gasteiger partial charge in [-0.1, -0.05) is 6.92 Å². The Hall–Kier alpha value is -0.370. The number of carbonyl (C=O) groups excluding carboxylic acids is 1. The van der Waals surface area contributed by atoms with Crippen molar-refractivity contribution in [3.05, 3.63) is 11.6 Å². The largest absolute Gasteiger partial charge is 0.294 e. The molecule has 1 aromatic heterocycles. The molecule has 2 rings (SSSR count). The molecular weight excluding hydrogens is 254 g/mol. The van der Waals surface area contributed by atoms with Crippen LogP contribution in [0.25, 0.3) is 0 Å². The molecule has 0 spiro atoms. The Morgan fingerprint density at radius 3 is 2.80 bits per heavy atom. The molecule has 0 unspecified atom stereocenters. The van der Waals surface area contributed by atoms with Crippen LogP contribution in [0.5, 0.6) is 0 Å². The second-order valence-electron chi connectivity index (χ2n) is 3.37. The van der Waals surface area contributed by atoms with Gasteiger partial charge < -0.3 is 0 Å². The number of Topliss-reactive ketones (excluding diaryl/α,β-unsaturated/α-hetero) is 1. The van der Waals surface area contributed by atoms with Crippen LogP contribution >= 0.6 is 23.1 Å². The maximum atomic E-state index is 11.6. The van der Waals surface area contributed by atoms with E-state index in [0.29, 0.717) is 12.0 Å². The van der Waals surface area contributed by atoms with Gasteiger partial charge in [0.05, 0.1) is 4.21 Å². The zero-order valence-electron chi connectivity index (χ0n) is 7.89. The molecule has 4 nitrogen and oxygen atoms in total. The van der Waals surface area contributed by atoms with Crippen molar-refractivity contribution in [1.29, 1.82) is 0 Å². The molecule has 0 bridgehead atoms. The van der Waals surface area contributed by atoms with E-state index in [1.54, 1.807) is 0 Å². The molecule has 0 aliphatic carbocycles. The van der Waals surface area contributed by atoms with Crippen LogP contribution in [0, 0.1) is 0 Å². The minimum absolute atomic E-state index is 0.00222. The van der Waals surface area contributed by atoms with E-state index in [4.69, 9.17) is 5.14 Å². The number of thioether (sulfide) groups is 1. The molecule has 1 aromatic rings. The highest BCUT2D eigenvalue weighted by molar-refractivity contribution is 8.02. The van der Waals surface area contributed by atoms with E-state index in [1.807, 2.05) is 6.92 Å². The van der Waals surface area contributed by atoms with Crippen LogP contribution in [0.2, 0.25) is 0 Å². The van der Waals surface area contributed by atoms with Gasteiger partial charge in [-0.3, -0.25) is 4.79 Å². The van der Waals surface area contributed by atoms with Crippen LogP contribution in [0.1, 0.15) is 23.7 Å². The third-order valence-electron chi connectivity index (χ3n) is 2.04. The lowest BCUT2D eigenvalue weighted by atomic mass is 10.1. The zero-order valence-corrected chi connectivity index (χ0v) is 10.3. The Labute approximate surface area is 95.9 Å². The fourth-order valence-corrected chi connectivity index (χ4v) is 5.02. The van der Waals surface area contributed by atoms with Gasteiger partial charge in [0.1, 0.15) is 4.21 Å². The normalized spacial score (nSPS) is 21.5.